The van der Waals surface area contributed by atoms with Gasteiger partial charge in [0.15, 0.2) is 5.78 Å². The number of hydrogen-bond donors (Lipinski definition) is 1. The molecule has 1 aromatic carbocycles. The van der Waals surface area contributed by atoms with Crippen LogP contribution in [-0.4, -0.2) is 11.8 Å². The van der Waals surface area contributed by atoms with E-state index in [0.29, 0.717) is 11.4 Å². The molecule has 0 heterocycles. The second-order valence-electron chi connectivity index (χ2n) is 5.05. The fraction of sp³-hybridized carbons (Fsp3) is 0.462. The molecule has 1 rings (SSSR count). The van der Waals surface area contributed by atoms with Crippen LogP contribution in [0.4, 0.5) is 0 Å². The summed E-state index contributed by atoms with van der Waals surface area (Å²) in [7, 11) is 0. The van der Waals surface area contributed by atoms with Crippen molar-refractivity contribution in [3.8, 4) is 0 Å². The molecule has 1 unspecified atom stereocenters. The van der Waals surface area contributed by atoms with Gasteiger partial charge in [0.1, 0.15) is 0 Å². The highest BCUT2D eigenvalue weighted by Gasteiger charge is 2.26. The molecule has 0 saturated carbocycles. The lowest BCUT2D eigenvalue weighted by atomic mass is 9.85. The van der Waals surface area contributed by atoms with E-state index < -0.39 is 11.5 Å². The van der Waals surface area contributed by atoms with E-state index in [1.54, 1.807) is 0 Å². The lowest BCUT2D eigenvalue weighted by Crippen LogP contribution is -2.40. The van der Waals surface area contributed by atoms with Gasteiger partial charge in [-0.05, 0) is 24.1 Å². The average molecular weight is 240 g/mol. The van der Waals surface area contributed by atoms with Gasteiger partial charge in [-0.25, -0.2) is 0 Å². The van der Waals surface area contributed by atoms with Crippen LogP contribution in [0.15, 0.2) is 24.3 Å². The molecule has 0 fully saturated rings. The molecule has 2 N–H and O–H groups in total. The number of ketones is 1. The molecule has 0 radical (unpaired) electrons. The van der Waals surface area contributed by atoms with E-state index in [0.717, 1.165) is 5.56 Å². The minimum Gasteiger partial charge on any atom is -0.321 e. The van der Waals surface area contributed by atoms with E-state index in [4.69, 9.17) is 17.3 Å². The molecular formula is C13H18ClNO. The Morgan fingerprint density at radius 3 is 2.56 bits per heavy atom. The number of halogens is 1. The molecule has 2 nitrogen and oxygen atoms in total. The summed E-state index contributed by atoms with van der Waals surface area (Å²) in [5, 5.41) is 0.674. The van der Waals surface area contributed by atoms with Crippen molar-refractivity contribution in [3.05, 3.63) is 34.9 Å². The van der Waals surface area contributed by atoms with Gasteiger partial charge in [0.25, 0.3) is 0 Å². The van der Waals surface area contributed by atoms with Crippen molar-refractivity contribution in [1.82, 2.24) is 0 Å². The Morgan fingerprint density at radius 2 is 2.06 bits per heavy atom. The maximum absolute atomic E-state index is 11.9. The zero-order chi connectivity index (χ0) is 12.3. The minimum absolute atomic E-state index is 0.0764. The Morgan fingerprint density at radius 1 is 1.44 bits per heavy atom. The van der Waals surface area contributed by atoms with Crippen LogP contribution in [0.3, 0.4) is 0 Å². The highest BCUT2D eigenvalue weighted by atomic mass is 35.5. The third-order valence-electron chi connectivity index (χ3n) is 2.42. The molecular weight excluding hydrogens is 222 g/mol. The van der Waals surface area contributed by atoms with Gasteiger partial charge in [-0.15, -0.1) is 0 Å². The quantitative estimate of drug-likeness (QED) is 0.882. The van der Waals surface area contributed by atoms with Gasteiger partial charge in [-0.1, -0.05) is 44.5 Å². The largest absolute Gasteiger partial charge is 0.321 e. The molecule has 16 heavy (non-hydrogen) atoms. The molecule has 0 spiro atoms. The van der Waals surface area contributed by atoms with E-state index in [-0.39, 0.29) is 5.78 Å². The van der Waals surface area contributed by atoms with Crippen LogP contribution in [0.1, 0.15) is 26.3 Å². The maximum Gasteiger partial charge on any atom is 0.155 e. The lowest BCUT2D eigenvalue weighted by molar-refractivity contribution is -0.127. The van der Waals surface area contributed by atoms with E-state index in [1.165, 1.54) is 0 Å². The SMILES string of the molecule is CC(C)(C)C(=O)C(N)Cc1cccc(Cl)c1. The average Bonchev–Trinajstić information content (AvgIpc) is 2.15. The smallest absolute Gasteiger partial charge is 0.155 e. The predicted molar refractivity (Wildman–Crippen MR) is 67.6 cm³/mol. The first-order chi connectivity index (χ1) is 7.30. The van der Waals surface area contributed by atoms with Crippen LogP contribution in [0.2, 0.25) is 5.02 Å². The zero-order valence-corrected chi connectivity index (χ0v) is 10.7. The summed E-state index contributed by atoms with van der Waals surface area (Å²) in [5.74, 6) is 0.0764. The van der Waals surface area contributed by atoms with Crippen LogP contribution >= 0.6 is 11.6 Å². The Kier molecular flexibility index (Phi) is 4.11. The van der Waals surface area contributed by atoms with Gasteiger partial charge < -0.3 is 5.73 Å². The van der Waals surface area contributed by atoms with E-state index in [2.05, 4.69) is 0 Å². The summed E-state index contributed by atoms with van der Waals surface area (Å²) in [6, 6.07) is 6.99. The van der Waals surface area contributed by atoms with Crippen molar-refractivity contribution in [3.63, 3.8) is 0 Å². The molecule has 0 saturated heterocycles. The molecule has 0 aliphatic heterocycles. The highest BCUT2D eigenvalue weighted by molar-refractivity contribution is 6.30. The summed E-state index contributed by atoms with van der Waals surface area (Å²) in [6.07, 6.45) is 0.538. The van der Waals surface area contributed by atoms with Gasteiger partial charge in [0.05, 0.1) is 6.04 Å². The van der Waals surface area contributed by atoms with Crippen LogP contribution in [0.5, 0.6) is 0 Å². The third-order valence-corrected chi connectivity index (χ3v) is 2.66. The molecule has 1 aromatic rings. The van der Waals surface area contributed by atoms with Crippen molar-refractivity contribution in [2.45, 2.75) is 33.2 Å². The van der Waals surface area contributed by atoms with Gasteiger partial charge in [0.2, 0.25) is 0 Å². The molecule has 88 valence electrons. The highest BCUT2D eigenvalue weighted by Crippen LogP contribution is 2.19. The van der Waals surface area contributed by atoms with Crippen LogP contribution < -0.4 is 5.73 Å². The summed E-state index contributed by atoms with van der Waals surface area (Å²) >= 11 is 5.87. The van der Waals surface area contributed by atoms with Crippen molar-refractivity contribution >= 4 is 17.4 Å². The molecule has 1 atom stereocenters. The number of carbonyl (C=O) groups is 1. The summed E-state index contributed by atoms with van der Waals surface area (Å²) in [6.45, 7) is 5.65. The first-order valence-electron chi connectivity index (χ1n) is 5.35. The van der Waals surface area contributed by atoms with Crippen molar-refractivity contribution in [2.24, 2.45) is 11.1 Å². The molecule has 0 aliphatic rings. The van der Waals surface area contributed by atoms with E-state index in [9.17, 15) is 4.79 Å². The molecule has 3 heteroatoms. The van der Waals surface area contributed by atoms with Crippen LogP contribution in [0, 0.1) is 5.41 Å². The van der Waals surface area contributed by atoms with Gasteiger partial charge in [-0.2, -0.15) is 0 Å². The summed E-state index contributed by atoms with van der Waals surface area (Å²) in [4.78, 5) is 11.9. The van der Waals surface area contributed by atoms with Gasteiger partial charge >= 0.3 is 0 Å². The van der Waals surface area contributed by atoms with Crippen molar-refractivity contribution < 1.29 is 4.79 Å². The number of benzene rings is 1. The predicted octanol–water partition coefficient (Wildman–Crippen LogP) is 2.83. The summed E-state index contributed by atoms with van der Waals surface area (Å²) < 4.78 is 0. The lowest BCUT2D eigenvalue weighted by Gasteiger charge is -2.21. The fourth-order valence-corrected chi connectivity index (χ4v) is 1.78. The second kappa shape index (κ2) is 4.98. The van der Waals surface area contributed by atoms with Crippen molar-refractivity contribution in [2.75, 3.05) is 0 Å². The topological polar surface area (TPSA) is 43.1 Å². The Bertz CT molecular complexity index is 382. The van der Waals surface area contributed by atoms with Gasteiger partial charge in [0, 0.05) is 10.4 Å². The van der Waals surface area contributed by atoms with Crippen LogP contribution in [-0.2, 0) is 11.2 Å². The number of nitrogens with two attached hydrogens (primary N) is 1. The van der Waals surface area contributed by atoms with E-state index >= 15 is 0 Å². The maximum atomic E-state index is 11.9. The Balaban J connectivity index is 2.72. The fourth-order valence-electron chi connectivity index (χ4n) is 1.57. The minimum atomic E-state index is -0.460. The molecule has 0 amide bonds. The van der Waals surface area contributed by atoms with Gasteiger partial charge in [-0.3, -0.25) is 4.79 Å². The number of rotatable bonds is 3. The number of Topliss-reactive ketones (excluding diaryl/α,β-unsaturated/α-hetero) is 1. The van der Waals surface area contributed by atoms with Crippen molar-refractivity contribution in [1.29, 1.82) is 0 Å². The summed E-state index contributed by atoms with van der Waals surface area (Å²) in [5.41, 5.74) is 6.50. The Hall–Kier alpha value is -0.860. The molecule has 0 aromatic heterocycles. The second-order valence-corrected chi connectivity index (χ2v) is 5.49. The molecule has 0 bridgehead atoms. The first-order valence-corrected chi connectivity index (χ1v) is 5.73. The normalized spacial score (nSPS) is 13.6. The number of carbonyl (C=O) groups excluding carboxylic acids is 1. The first kappa shape index (κ1) is 13.2. The monoisotopic (exact) mass is 239 g/mol. The third kappa shape index (κ3) is 3.62. The van der Waals surface area contributed by atoms with Crippen LogP contribution in [0.25, 0.3) is 0 Å². The number of hydrogen-bond acceptors (Lipinski definition) is 2. The standard InChI is InChI=1S/C13H18ClNO/c1-13(2,3)12(16)11(15)8-9-5-4-6-10(14)7-9/h4-7,11H,8,15H2,1-3H3. The van der Waals surface area contributed by atoms with E-state index in [1.807, 2.05) is 45.0 Å². The zero-order valence-electron chi connectivity index (χ0n) is 9.96. The Labute approximate surface area is 102 Å². The molecule has 0 aliphatic carbocycles.